The van der Waals surface area contributed by atoms with Crippen molar-refractivity contribution in [2.75, 3.05) is 0 Å². The molecule has 5 aliphatic rings. The monoisotopic (exact) mass is 250 g/mol. The molecule has 18 heavy (non-hydrogen) atoms. The van der Waals surface area contributed by atoms with Crippen molar-refractivity contribution in [3.05, 3.63) is 12.2 Å². The molecule has 2 heterocycles. The number of hydrogen-bond donors (Lipinski definition) is 2. The van der Waals surface area contributed by atoms with Crippen LogP contribution in [0, 0.1) is 11.3 Å². The van der Waals surface area contributed by atoms with Crippen LogP contribution in [-0.2, 0) is 14.3 Å². The van der Waals surface area contributed by atoms with E-state index in [1.54, 1.807) is 0 Å². The second-order valence-corrected chi connectivity index (χ2v) is 6.49. The first-order valence-electron chi connectivity index (χ1n) is 6.37. The zero-order valence-electron chi connectivity index (χ0n) is 9.92. The van der Waals surface area contributed by atoms with Crippen molar-refractivity contribution < 1.29 is 24.5 Å². The highest BCUT2D eigenvalue weighted by Gasteiger charge is 2.92. The molecule has 0 bridgehead atoms. The Morgan fingerprint density at radius 2 is 2.22 bits per heavy atom. The highest BCUT2D eigenvalue weighted by atomic mass is 16.6. The van der Waals surface area contributed by atoms with E-state index >= 15 is 0 Å². The number of ether oxygens (including phenoxy) is 2. The van der Waals surface area contributed by atoms with E-state index in [-0.39, 0.29) is 23.9 Å². The standard InChI is InChI=1S/C13H14O5/c1-4-6(14)10-12(18-10)3-5-7-8(17-7)9(15)13(5,16)11(4,12)2/h5-8,10,14,16H,1,3H2,2H3/t5-,6+,7+,8+,10+,11+,12+,13+/m0/s1. The number of carbonyl (C=O) groups excluding carboxylic acids is 1. The topological polar surface area (TPSA) is 82.6 Å². The molecule has 2 aliphatic heterocycles. The summed E-state index contributed by atoms with van der Waals surface area (Å²) >= 11 is 0. The molecule has 0 unspecified atom stereocenters. The van der Waals surface area contributed by atoms with Crippen LogP contribution in [0.5, 0.6) is 0 Å². The molecule has 5 rings (SSSR count). The average Bonchev–Trinajstić information content (AvgIpc) is 3.19. The molecule has 5 fully saturated rings. The predicted octanol–water partition coefficient (Wildman–Crippen LogP) is -0.838. The lowest BCUT2D eigenvalue weighted by Crippen LogP contribution is -2.56. The van der Waals surface area contributed by atoms with Gasteiger partial charge in [-0.3, -0.25) is 4.79 Å². The van der Waals surface area contributed by atoms with Gasteiger partial charge >= 0.3 is 0 Å². The molecule has 2 saturated heterocycles. The number of rotatable bonds is 0. The summed E-state index contributed by atoms with van der Waals surface area (Å²) in [6.45, 7) is 5.74. The molecule has 5 nitrogen and oxygen atoms in total. The minimum atomic E-state index is -1.47. The van der Waals surface area contributed by atoms with Crippen LogP contribution >= 0.6 is 0 Å². The molecule has 0 aromatic carbocycles. The molecule has 0 aromatic heterocycles. The summed E-state index contributed by atoms with van der Waals surface area (Å²) < 4.78 is 11.0. The minimum Gasteiger partial charge on any atom is -0.386 e. The molecule has 0 amide bonds. The van der Waals surface area contributed by atoms with E-state index in [1.807, 2.05) is 6.92 Å². The maximum Gasteiger partial charge on any atom is 0.197 e. The summed E-state index contributed by atoms with van der Waals surface area (Å²) in [5.74, 6) is -0.462. The maximum atomic E-state index is 12.4. The fraction of sp³-hybridized carbons (Fsp3) is 0.769. The third-order valence-corrected chi connectivity index (χ3v) is 6.25. The van der Waals surface area contributed by atoms with Gasteiger partial charge in [-0.25, -0.2) is 0 Å². The molecule has 0 aromatic rings. The van der Waals surface area contributed by atoms with Crippen LogP contribution in [-0.4, -0.2) is 51.6 Å². The fourth-order valence-electron chi connectivity index (χ4n) is 5.09. The zero-order chi connectivity index (χ0) is 12.7. The highest BCUT2D eigenvalue weighted by molar-refractivity contribution is 5.99. The van der Waals surface area contributed by atoms with Gasteiger partial charge in [-0.15, -0.1) is 0 Å². The number of fused-ring (bicyclic) bond motifs is 4. The largest absolute Gasteiger partial charge is 0.386 e. The summed E-state index contributed by atoms with van der Waals surface area (Å²) in [4.78, 5) is 12.4. The smallest absolute Gasteiger partial charge is 0.197 e. The first-order chi connectivity index (χ1) is 8.39. The normalized spacial score (nSPS) is 70.7. The number of Topliss-reactive ketones (excluding diaryl/α,β-unsaturated/α-hetero) is 1. The Hall–Kier alpha value is -0.750. The average molecular weight is 250 g/mol. The lowest BCUT2D eigenvalue weighted by atomic mass is 9.67. The van der Waals surface area contributed by atoms with E-state index in [0.717, 1.165) is 0 Å². The van der Waals surface area contributed by atoms with Gasteiger partial charge < -0.3 is 19.7 Å². The second kappa shape index (κ2) is 2.22. The Labute approximate surface area is 103 Å². The van der Waals surface area contributed by atoms with E-state index in [4.69, 9.17) is 9.47 Å². The summed E-state index contributed by atoms with van der Waals surface area (Å²) in [7, 11) is 0. The van der Waals surface area contributed by atoms with Gasteiger partial charge in [0.15, 0.2) is 5.78 Å². The van der Waals surface area contributed by atoms with E-state index in [2.05, 4.69) is 6.58 Å². The molecular weight excluding hydrogens is 236 g/mol. The number of epoxide rings is 2. The Morgan fingerprint density at radius 1 is 1.50 bits per heavy atom. The number of aliphatic hydroxyl groups is 2. The molecule has 3 aliphatic carbocycles. The lowest BCUT2D eigenvalue weighted by Gasteiger charge is -2.41. The summed E-state index contributed by atoms with van der Waals surface area (Å²) in [6, 6.07) is 0. The van der Waals surface area contributed by atoms with Crippen LogP contribution < -0.4 is 0 Å². The number of aliphatic hydroxyl groups excluding tert-OH is 1. The van der Waals surface area contributed by atoms with Crippen molar-refractivity contribution in [1.82, 2.24) is 0 Å². The van der Waals surface area contributed by atoms with Crippen LogP contribution in [0.3, 0.4) is 0 Å². The van der Waals surface area contributed by atoms with Gasteiger partial charge in [0.2, 0.25) is 0 Å². The van der Waals surface area contributed by atoms with E-state index in [0.29, 0.717) is 12.0 Å². The van der Waals surface area contributed by atoms with Gasteiger partial charge in [-0.2, -0.15) is 0 Å². The van der Waals surface area contributed by atoms with E-state index < -0.39 is 28.8 Å². The molecule has 5 heteroatoms. The first-order valence-corrected chi connectivity index (χ1v) is 6.37. The molecule has 3 saturated carbocycles. The number of hydrogen-bond acceptors (Lipinski definition) is 5. The SMILES string of the molecule is C=C1[C@@H](O)[C@H]2O[C@]23C[C@H]2[C@H]4O[C@H]4C(=O)[C@@]2(O)[C@]13C. The third kappa shape index (κ3) is 0.610. The van der Waals surface area contributed by atoms with Gasteiger partial charge in [0.25, 0.3) is 0 Å². The van der Waals surface area contributed by atoms with Crippen LogP contribution in [0.2, 0.25) is 0 Å². The Balaban J connectivity index is 1.77. The zero-order valence-corrected chi connectivity index (χ0v) is 9.92. The second-order valence-electron chi connectivity index (χ2n) is 6.49. The first kappa shape index (κ1) is 10.1. The van der Waals surface area contributed by atoms with Crippen molar-refractivity contribution in [3.8, 4) is 0 Å². The van der Waals surface area contributed by atoms with Crippen molar-refractivity contribution in [1.29, 1.82) is 0 Å². The summed E-state index contributed by atoms with van der Waals surface area (Å²) in [6.07, 6.45) is -1.11. The Morgan fingerprint density at radius 3 is 2.94 bits per heavy atom. The number of ketones is 1. The van der Waals surface area contributed by atoms with Crippen molar-refractivity contribution in [2.24, 2.45) is 11.3 Å². The maximum absolute atomic E-state index is 12.4. The van der Waals surface area contributed by atoms with E-state index in [1.165, 1.54) is 0 Å². The summed E-state index contributed by atoms with van der Waals surface area (Å²) in [5, 5.41) is 21.1. The van der Waals surface area contributed by atoms with Crippen LogP contribution in [0.25, 0.3) is 0 Å². The van der Waals surface area contributed by atoms with Crippen molar-refractivity contribution in [2.45, 2.75) is 49.0 Å². The predicted molar refractivity (Wildman–Crippen MR) is 57.6 cm³/mol. The van der Waals surface area contributed by atoms with Crippen molar-refractivity contribution in [3.63, 3.8) is 0 Å². The molecule has 0 radical (unpaired) electrons. The van der Waals surface area contributed by atoms with Crippen molar-refractivity contribution >= 4 is 5.78 Å². The van der Waals surface area contributed by atoms with Gasteiger partial charge in [0.05, 0.1) is 11.5 Å². The molecule has 2 N–H and O–H groups in total. The molecule has 1 spiro atoms. The van der Waals surface area contributed by atoms with Gasteiger partial charge in [-0.1, -0.05) is 6.58 Å². The molecule has 96 valence electrons. The number of carbonyl (C=O) groups is 1. The lowest BCUT2D eigenvalue weighted by molar-refractivity contribution is -0.155. The van der Waals surface area contributed by atoms with Crippen LogP contribution in [0.1, 0.15) is 13.3 Å². The Kier molecular flexibility index (Phi) is 1.24. The Bertz CT molecular complexity index is 543. The van der Waals surface area contributed by atoms with Gasteiger partial charge in [-0.05, 0) is 18.9 Å². The third-order valence-electron chi connectivity index (χ3n) is 6.25. The molecule has 8 atom stereocenters. The van der Waals surface area contributed by atoms with Crippen LogP contribution in [0.15, 0.2) is 12.2 Å². The quantitative estimate of drug-likeness (QED) is 0.433. The highest BCUT2D eigenvalue weighted by Crippen LogP contribution is 2.78. The minimum absolute atomic E-state index is 0.158. The van der Waals surface area contributed by atoms with Crippen LogP contribution in [0.4, 0.5) is 0 Å². The molecular formula is C13H14O5. The van der Waals surface area contributed by atoms with Gasteiger partial charge in [0, 0.05) is 5.92 Å². The van der Waals surface area contributed by atoms with Gasteiger partial charge in [0.1, 0.15) is 29.5 Å². The summed E-state index contributed by atoms with van der Waals surface area (Å²) in [5.41, 5.74) is -2.40. The van der Waals surface area contributed by atoms with E-state index in [9.17, 15) is 15.0 Å². The fourth-order valence-corrected chi connectivity index (χ4v) is 5.09.